The van der Waals surface area contributed by atoms with E-state index in [0.717, 1.165) is 4.47 Å². The van der Waals surface area contributed by atoms with E-state index in [-0.39, 0.29) is 24.8 Å². The van der Waals surface area contributed by atoms with E-state index in [1.165, 1.54) is 6.07 Å². The van der Waals surface area contributed by atoms with Crippen LogP contribution >= 0.6 is 31.9 Å². The molecule has 2 aromatic carbocycles. The Hall–Kier alpha value is -1.40. The molecule has 2 aromatic rings. The summed E-state index contributed by atoms with van der Waals surface area (Å²) in [7, 11) is 0. The topological polar surface area (TPSA) is 35.5 Å². The molecule has 0 atom stereocenters. The fourth-order valence-electron chi connectivity index (χ4n) is 1.86. The Kier molecular flexibility index (Phi) is 6.18. The van der Waals surface area contributed by atoms with Crippen LogP contribution in [0.1, 0.15) is 24.5 Å². The molecule has 6 heteroatoms. The lowest BCUT2D eigenvalue weighted by Gasteiger charge is -2.14. The number of carbonyl (C=O) groups is 1. The van der Waals surface area contributed by atoms with Crippen LogP contribution in [0, 0.1) is 12.7 Å². The molecule has 0 spiro atoms. The molecule has 0 radical (unpaired) electrons. The fourth-order valence-corrected chi connectivity index (χ4v) is 2.89. The largest absolute Gasteiger partial charge is 0.487 e. The summed E-state index contributed by atoms with van der Waals surface area (Å²) in [6.07, 6.45) is 0.279. The van der Waals surface area contributed by atoms with Crippen molar-refractivity contribution in [2.24, 2.45) is 0 Å². The third-order valence-electron chi connectivity index (χ3n) is 3.17. The zero-order valence-corrected chi connectivity index (χ0v) is 15.8. The minimum Gasteiger partial charge on any atom is -0.487 e. The van der Waals surface area contributed by atoms with E-state index in [1.54, 1.807) is 32.0 Å². The molecule has 0 fully saturated rings. The van der Waals surface area contributed by atoms with E-state index >= 15 is 0 Å². The van der Waals surface area contributed by atoms with Gasteiger partial charge in [-0.05, 0) is 46.6 Å². The van der Waals surface area contributed by atoms with Gasteiger partial charge in [0, 0.05) is 22.5 Å². The molecule has 3 nitrogen and oxygen atoms in total. The number of benzene rings is 2. The van der Waals surface area contributed by atoms with Crippen molar-refractivity contribution in [2.45, 2.75) is 26.9 Å². The molecule has 0 aromatic heterocycles. The Balaban J connectivity index is 2.23. The molecule has 0 aliphatic rings. The second-order valence-electron chi connectivity index (χ2n) is 4.86. The Bertz CT molecular complexity index is 732. The van der Waals surface area contributed by atoms with Crippen molar-refractivity contribution in [3.63, 3.8) is 0 Å². The van der Waals surface area contributed by atoms with Crippen LogP contribution in [-0.4, -0.2) is 5.97 Å². The number of halogens is 3. The number of carbonyl (C=O) groups excluding carboxylic acids is 1. The predicted octanol–water partition coefficient (Wildman–Crippen LogP) is 5.55. The first kappa shape index (κ1) is 17.9. The first-order chi connectivity index (χ1) is 10.9. The normalized spacial score (nSPS) is 10.5. The second kappa shape index (κ2) is 7.93. The van der Waals surface area contributed by atoms with Gasteiger partial charge in [0.15, 0.2) is 0 Å². The Morgan fingerprint density at radius 1 is 1.17 bits per heavy atom. The lowest BCUT2D eigenvalue weighted by molar-refractivity contribution is -0.134. The summed E-state index contributed by atoms with van der Waals surface area (Å²) in [5, 5.41) is 0. The van der Waals surface area contributed by atoms with Gasteiger partial charge in [-0.25, -0.2) is 4.39 Å². The molecular formula is C17H15Br2FO3. The first-order valence-electron chi connectivity index (χ1n) is 6.99. The highest BCUT2D eigenvalue weighted by Crippen LogP contribution is 2.32. The lowest BCUT2D eigenvalue weighted by Crippen LogP contribution is -2.09. The van der Waals surface area contributed by atoms with Crippen LogP contribution < -0.4 is 9.47 Å². The average Bonchev–Trinajstić information content (AvgIpc) is 2.51. The minimum absolute atomic E-state index is 0.134. The summed E-state index contributed by atoms with van der Waals surface area (Å²) < 4.78 is 26.1. The van der Waals surface area contributed by atoms with Crippen molar-refractivity contribution in [2.75, 3.05) is 0 Å². The molecule has 0 bridgehead atoms. The molecular weight excluding hydrogens is 431 g/mol. The van der Waals surface area contributed by atoms with Crippen molar-refractivity contribution in [1.29, 1.82) is 0 Å². The Labute approximate surface area is 151 Å². The maximum absolute atomic E-state index is 13.7. The zero-order chi connectivity index (χ0) is 17.0. The quantitative estimate of drug-likeness (QED) is 0.446. The Morgan fingerprint density at radius 2 is 1.91 bits per heavy atom. The van der Waals surface area contributed by atoms with Gasteiger partial charge in [0.2, 0.25) is 0 Å². The summed E-state index contributed by atoms with van der Waals surface area (Å²) in [5.41, 5.74) is 1.21. The maximum Gasteiger partial charge on any atom is 0.310 e. The SMILES string of the molecule is CCC(=O)Oc1cccc(Br)c1COc1cc(F)c(C)cc1Br. The maximum atomic E-state index is 13.7. The van der Waals surface area contributed by atoms with Gasteiger partial charge in [-0.1, -0.05) is 28.9 Å². The monoisotopic (exact) mass is 444 g/mol. The summed E-state index contributed by atoms with van der Waals surface area (Å²) in [6.45, 7) is 3.54. The van der Waals surface area contributed by atoms with Gasteiger partial charge >= 0.3 is 5.97 Å². The highest BCUT2D eigenvalue weighted by molar-refractivity contribution is 9.10. The van der Waals surface area contributed by atoms with Gasteiger partial charge in [0.25, 0.3) is 0 Å². The molecule has 0 amide bonds. The Morgan fingerprint density at radius 3 is 2.61 bits per heavy atom. The molecule has 23 heavy (non-hydrogen) atoms. The summed E-state index contributed by atoms with van der Waals surface area (Å²) >= 11 is 6.77. The van der Waals surface area contributed by atoms with Crippen molar-refractivity contribution in [3.8, 4) is 11.5 Å². The van der Waals surface area contributed by atoms with Crippen LogP contribution in [0.2, 0.25) is 0 Å². The third-order valence-corrected chi connectivity index (χ3v) is 4.54. The van der Waals surface area contributed by atoms with Gasteiger partial charge in [0.1, 0.15) is 23.9 Å². The van der Waals surface area contributed by atoms with E-state index in [2.05, 4.69) is 31.9 Å². The molecule has 0 aliphatic carbocycles. The molecule has 0 heterocycles. The lowest BCUT2D eigenvalue weighted by atomic mass is 10.2. The van der Waals surface area contributed by atoms with Gasteiger partial charge < -0.3 is 9.47 Å². The molecule has 2 rings (SSSR count). The van der Waals surface area contributed by atoms with Crippen molar-refractivity contribution >= 4 is 37.8 Å². The highest BCUT2D eigenvalue weighted by atomic mass is 79.9. The van der Waals surface area contributed by atoms with Crippen LogP contribution in [0.4, 0.5) is 4.39 Å². The second-order valence-corrected chi connectivity index (χ2v) is 6.57. The van der Waals surface area contributed by atoms with Crippen LogP contribution in [0.5, 0.6) is 11.5 Å². The number of ether oxygens (including phenoxy) is 2. The van der Waals surface area contributed by atoms with Crippen molar-refractivity contribution < 1.29 is 18.7 Å². The van der Waals surface area contributed by atoms with E-state index in [9.17, 15) is 9.18 Å². The molecule has 0 saturated heterocycles. The number of hydrogen-bond donors (Lipinski definition) is 0. The fraction of sp³-hybridized carbons (Fsp3) is 0.235. The smallest absolute Gasteiger partial charge is 0.310 e. The van der Waals surface area contributed by atoms with Gasteiger partial charge in [-0.3, -0.25) is 4.79 Å². The van der Waals surface area contributed by atoms with Crippen LogP contribution in [0.3, 0.4) is 0 Å². The van der Waals surface area contributed by atoms with Gasteiger partial charge in [-0.15, -0.1) is 0 Å². The standard InChI is InChI=1S/C17H15Br2FO3/c1-3-17(21)23-15-6-4-5-12(18)11(15)9-22-16-8-14(20)10(2)7-13(16)19/h4-8H,3,9H2,1-2H3. The average molecular weight is 446 g/mol. The number of rotatable bonds is 5. The summed E-state index contributed by atoms with van der Waals surface area (Å²) in [6, 6.07) is 8.28. The zero-order valence-electron chi connectivity index (χ0n) is 12.7. The van der Waals surface area contributed by atoms with E-state index in [4.69, 9.17) is 9.47 Å². The molecule has 0 unspecified atom stereocenters. The summed E-state index contributed by atoms with van der Waals surface area (Å²) in [4.78, 5) is 11.5. The predicted molar refractivity (Wildman–Crippen MR) is 93.2 cm³/mol. The van der Waals surface area contributed by atoms with E-state index in [0.29, 0.717) is 27.1 Å². The van der Waals surface area contributed by atoms with Crippen LogP contribution in [0.15, 0.2) is 39.3 Å². The molecule has 0 N–H and O–H groups in total. The molecule has 0 aliphatic heterocycles. The molecule has 122 valence electrons. The third kappa shape index (κ3) is 4.54. The van der Waals surface area contributed by atoms with Crippen molar-refractivity contribution in [3.05, 3.63) is 56.2 Å². The number of aryl methyl sites for hydroxylation is 1. The highest BCUT2D eigenvalue weighted by Gasteiger charge is 2.13. The van der Waals surface area contributed by atoms with E-state index in [1.807, 2.05) is 6.07 Å². The van der Waals surface area contributed by atoms with Crippen LogP contribution in [-0.2, 0) is 11.4 Å². The van der Waals surface area contributed by atoms with E-state index < -0.39 is 0 Å². The van der Waals surface area contributed by atoms with Crippen LogP contribution in [0.25, 0.3) is 0 Å². The number of esters is 1. The van der Waals surface area contributed by atoms with Gasteiger partial charge in [0.05, 0.1) is 4.47 Å². The minimum atomic E-state index is -0.340. The van der Waals surface area contributed by atoms with Crippen molar-refractivity contribution in [1.82, 2.24) is 0 Å². The van der Waals surface area contributed by atoms with Gasteiger partial charge in [-0.2, -0.15) is 0 Å². The molecule has 0 saturated carbocycles. The summed E-state index contributed by atoms with van der Waals surface area (Å²) in [5.74, 6) is 0.145. The first-order valence-corrected chi connectivity index (χ1v) is 8.57. The number of hydrogen-bond acceptors (Lipinski definition) is 3.